The van der Waals surface area contributed by atoms with Gasteiger partial charge in [0.15, 0.2) is 0 Å². The van der Waals surface area contributed by atoms with E-state index in [9.17, 15) is 4.79 Å². The van der Waals surface area contributed by atoms with Crippen LogP contribution in [0, 0.1) is 5.92 Å². The number of carbonyl (C=O) groups excluding carboxylic acids is 1. The summed E-state index contributed by atoms with van der Waals surface area (Å²) < 4.78 is 7.65. The maximum Gasteiger partial charge on any atom is 0.220 e. The third kappa shape index (κ3) is 3.53. The number of rotatable bonds is 4. The average molecular weight is 289 g/mol. The van der Waals surface area contributed by atoms with Crippen molar-refractivity contribution < 1.29 is 9.53 Å². The fourth-order valence-corrected chi connectivity index (χ4v) is 3.21. The molecule has 1 unspecified atom stereocenters. The van der Waals surface area contributed by atoms with E-state index in [1.165, 1.54) is 0 Å². The third-order valence-electron chi connectivity index (χ3n) is 4.28. The molecule has 3 atom stereocenters. The lowest BCUT2D eigenvalue weighted by Gasteiger charge is -2.32. The van der Waals surface area contributed by atoms with Crippen molar-refractivity contribution in [1.29, 1.82) is 0 Å². The lowest BCUT2D eigenvalue weighted by molar-refractivity contribution is -0.124. The summed E-state index contributed by atoms with van der Waals surface area (Å²) in [5.41, 5.74) is 1.04. The summed E-state index contributed by atoms with van der Waals surface area (Å²) in [6, 6.07) is 0.0563. The van der Waals surface area contributed by atoms with Gasteiger partial charge in [-0.25, -0.2) is 0 Å². The minimum absolute atomic E-state index is 0.0563. The highest BCUT2D eigenvalue weighted by Gasteiger charge is 2.30. The van der Waals surface area contributed by atoms with Gasteiger partial charge in [-0.1, -0.05) is 12.2 Å². The number of ether oxygens (including phenoxy) is 1. The van der Waals surface area contributed by atoms with E-state index in [0.29, 0.717) is 12.3 Å². The number of nitrogens with zero attached hydrogens (tertiary/aromatic N) is 2. The normalized spacial score (nSPS) is 28.7. The Balaban J connectivity index is 1.61. The van der Waals surface area contributed by atoms with Crippen molar-refractivity contribution in [3.05, 3.63) is 30.1 Å². The molecule has 1 fully saturated rings. The van der Waals surface area contributed by atoms with Crippen molar-refractivity contribution in [1.82, 2.24) is 15.1 Å². The van der Waals surface area contributed by atoms with Crippen LogP contribution in [-0.4, -0.2) is 28.3 Å². The van der Waals surface area contributed by atoms with E-state index in [1.54, 1.807) is 4.68 Å². The molecule has 1 amide bonds. The molecule has 1 N–H and O–H groups in total. The van der Waals surface area contributed by atoms with Crippen LogP contribution >= 0.6 is 0 Å². The van der Waals surface area contributed by atoms with Gasteiger partial charge in [0.25, 0.3) is 0 Å². The first kappa shape index (κ1) is 14.3. The quantitative estimate of drug-likeness (QED) is 0.864. The summed E-state index contributed by atoms with van der Waals surface area (Å²) in [5.74, 6) is 0.544. The highest BCUT2D eigenvalue weighted by atomic mass is 16.5. The first-order chi connectivity index (χ1) is 10.2. The molecule has 2 heterocycles. The van der Waals surface area contributed by atoms with Crippen LogP contribution in [0.4, 0.5) is 0 Å². The van der Waals surface area contributed by atoms with E-state index in [2.05, 4.69) is 22.6 Å². The number of nitrogens with one attached hydrogen (secondary N) is 1. The highest BCUT2D eigenvalue weighted by Crippen LogP contribution is 2.28. The zero-order valence-electron chi connectivity index (χ0n) is 12.5. The summed E-state index contributed by atoms with van der Waals surface area (Å²) in [7, 11) is 1.90. The Morgan fingerprint density at radius 3 is 3.14 bits per heavy atom. The molecule has 0 saturated carbocycles. The smallest absolute Gasteiger partial charge is 0.220 e. The Morgan fingerprint density at radius 2 is 2.43 bits per heavy atom. The van der Waals surface area contributed by atoms with Gasteiger partial charge >= 0.3 is 0 Å². The number of aromatic nitrogens is 2. The predicted octanol–water partition coefficient (Wildman–Crippen LogP) is 2.11. The monoisotopic (exact) mass is 289 g/mol. The van der Waals surface area contributed by atoms with Gasteiger partial charge in [0, 0.05) is 31.8 Å². The van der Waals surface area contributed by atoms with Gasteiger partial charge in [0.1, 0.15) is 6.10 Å². The molecule has 0 spiro atoms. The fourth-order valence-electron chi connectivity index (χ4n) is 3.21. The minimum atomic E-state index is -0.0736. The Kier molecular flexibility index (Phi) is 4.39. The van der Waals surface area contributed by atoms with Crippen LogP contribution in [0.25, 0.3) is 0 Å². The summed E-state index contributed by atoms with van der Waals surface area (Å²) in [4.78, 5) is 12.2. The second-order valence-corrected chi connectivity index (χ2v) is 6.02. The van der Waals surface area contributed by atoms with Gasteiger partial charge in [-0.3, -0.25) is 9.48 Å². The standard InChI is InChI=1S/C16H23N3O2/c1-19-11-13(10-17-19)16-14(7-4-8-21-16)18-15(20)9-12-5-2-3-6-12/h2,5,10-12,14,16H,3-4,6-9H2,1H3,(H,18,20)/t12?,14-,16+/m0/s1. The Bertz CT molecular complexity index is 523. The van der Waals surface area contributed by atoms with Gasteiger partial charge in [-0.2, -0.15) is 5.10 Å². The van der Waals surface area contributed by atoms with Crippen LogP contribution in [0.5, 0.6) is 0 Å². The largest absolute Gasteiger partial charge is 0.371 e. The summed E-state index contributed by atoms with van der Waals surface area (Å²) >= 11 is 0. The van der Waals surface area contributed by atoms with Crippen molar-refractivity contribution in [2.24, 2.45) is 13.0 Å². The van der Waals surface area contributed by atoms with Gasteiger partial charge in [-0.05, 0) is 31.6 Å². The number of allylic oxidation sites excluding steroid dienone is 2. The van der Waals surface area contributed by atoms with E-state index in [-0.39, 0.29) is 18.1 Å². The van der Waals surface area contributed by atoms with E-state index in [4.69, 9.17) is 4.74 Å². The van der Waals surface area contributed by atoms with E-state index < -0.39 is 0 Å². The number of aryl methyl sites for hydroxylation is 1. The maximum absolute atomic E-state index is 12.2. The van der Waals surface area contributed by atoms with E-state index in [1.807, 2.05) is 19.4 Å². The van der Waals surface area contributed by atoms with Crippen molar-refractivity contribution in [2.45, 2.75) is 44.2 Å². The molecule has 1 aromatic rings. The van der Waals surface area contributed by atoms with Crippen LogP contribution < -0.4 is 5.32 Å². The predicted molar refractivity (Wildman–Crippen MR) is 79.5 cm³/mol. The van der Waals surface area contributed by atoms with Crippen molar-refractivity contribution >= 4 is 5.91 Å². The molecule has 0 radical (unpaired) electrons. The lowest BCUT2D eigenvalue weighted by atomic mass is 9.97. The van der Waals surface area contributed by atoms with Crippen LogP contribution in [-0.2, 0) is 16.6 Å². The molecule has 0 aromatic carbocycles. The summed E-state index contributed by atoms with van der Waals surface area (Å²) in [5, 5.41) is 7.37. The Morgan fingerprint density at radius 1 is 1.52 bits per heavy atom. The second-order valence-electron chi connectivity index (χ2n) is 6.02. The topological polar surface area (TPSA) is 56.1 Å². The number of hydrogen-bond acceptors (Lipinski definition) is 3. The van der Waals surface area contributed by atoms with E-state index in [0.717, 1.165) is 37.9 Å². The summed E-state index contributed by atoms with van der Waals surface area (Å²) in [6.07, 6.45) is 12.8. The van der Waals surface area contributed by atoms with Crippen LogP contribution in [0.3, 0.4) is 0 Å². The highest BCUT2D eigenvalue weighted by molar-refractivity contribution is 5.76. The molecule has 0 bridgehead atoms. The summed E-state index contributed by atoms with van der Waals surface area (Å²) in [6.45, 7) is 0.747. The second kappa shape index (κ2) is 6.43. The molecule has 2 aliphatic rings. The van der Waals surface area contributed by atoms with Crippen LogP contribution in [0.2, 0.25) is 0 Å². The van der Waals surface area contributed by atoms with Gasteiger partial charge < -0.3 is 10.1 Å². The number of hydrogen-bond donors (Lipinski definition) is 1. The molecule has 114 valence electrons. The first-order valence-corrected chi connectivity index (χ1v) is 7.78. The van der Waals surface area contributed by atoms with Gasteiger partial charge in [0.2, 0.25) is 5.91 Å². The molecule has 1 aromatic heterocycles. The molecule has 3 rings (SSSR count). The minimum Gasteiger partial charge on any atom is -0.371 e. The van der Waals surface area contributed by atoms with Crippen LogP contribution in [0.15, 0.2) is 24.5 Å². The molecule has 1 aliphatic heterocycles. The third-order valence-corrected chi connectivity index (χ3v) is 4.28. The molecule has 21 heavy (non-hydrogen) atoms. The Labute approximate surface area is 125 Å². The SMILES string of the molecule is Cn1cc([C@H]2OCCC[C@@H]2NC(=O)CC2C=CCC2)cn1. The Hall–Kier alpha value is -1.62. The molecule has 1 aliphatic carbocycles. The van der Waals surface area contributed by atoms with E-state index >= 15 is 0 Å². The molecule has 1 saturated heterocycles. The molecule has 5 heteroatoms. The zero-order chi connectivity index (χ0) is 14.7. The van der Waals surface area contributed by atoms with Crippen molar-refractivity contribution in [2.75, 3.05) is 6.61 Å². The van der Waals surface area contributed by atoms with Gasteiger partial charge in [0.05, 0.1) is 12.2 Å². The number of amides is 1. The first-order valence-electron chi connectivity index (χ1n) is 7.78. The lowest BCUT2D eigenvalue weighted by Crippen LogP contribution is -2.43. The maximum atomic E-state index is 12.2. The molecular weight excluding hydrogens is 266 g/mol. The average Bonchev–Trinajstić information content (AvgIpc) is 3.11. The van der Waals surface area contributed by atoms with Gasteiger partial charge in [-0.15, -0.1) is 0 Å². The fraction of sp³-hybridized carbons (Fsp3) is 0.625. The molecular formula is C16H23N3O2. The van der Waals surface area contributed by atoms with Crippen molar-refractivity contribution in [3.63, 3.8) is 0 Å². The van der Waals surface area contributed by atoms with Crippen LogP contribution in [0.1, 0.15) is 43.8 Å². The van der Waals surface area contributed by atoms with Crippen molar-refractivity contribution in [3.8, 4) is 0 Å². The number of carbonyl (C=O) groups is 1. The molecule has 5 nitrogen and oxygen atoms in total. The zero-order valence-corrected chi connectivity index (χ0v) is 12.5.